The van der Waals surface area contributed by atoms with Gasteiger partial charge in [0.25, 0.3) is 5.91 Å². The number of hydrogen-bond acceptors (Lipinski definition) is 3. The number of primary amides is 1. The summed E-state index contributed by atoms with van der Waals surface area (Å²) in [5.41, 5.74) is 5.55. The van der Waals surface area contributed by atoms with Crippen LogP contribution in [0.2, 0.25) is 0 Å². The van der Waals surface area contributed by atoms with Gasteiger partial charge in [-0.3, -0.25) is 4.79 Å². The number of carbonyl (C=O) groups excluding carboxylic acids is 1. The Balaban J connectivity index is 2.94. The van der Waals surface area contributed by atoms with Gasteiger partial charge in [0.1, 0.15) is 11.5 Å². The summed E-state index contributed by atoms with van der Waals surface area (Å²) in [7, 11) is 1.49. The van der Waals surface area contributed by atoms with E-state index < -0.39 is 5.91 Å². The average Bonchev–Trinajstić information content (AvgIpc) is 2.25. The number of hydrogen-bond donors (Lipinski definition) is 1. The third kappa shape index (κ3) is 2.87. The van der Waals surface area contributed by atoms with E-state index in [0.717, 1.165) is 6.42 Å². The van der Waals surface area contributed by atoms with Gasteiger partial charge in [-0.05, 0) is 24.6 Å². The molecular weight excluding hydrogens is 194 g/mol. The van der Waals surface area contributed by atoms with E-state index in [1.165, 1.54) is 7.11 Å². The Morgan fingerprint density at radius 2 is 2.20 bits per heavy atom. The number of rotatable bonds is 5. The molecule has 2 N–H and O–H groups in total. The second-order valence-corrected chi connectivity index (χ2v) is 3.07. The lowest BCUT2D eigenvalue weighted by molar-refractivity contribution is 0.0997. The Hall–Kier alpha value is -1.71. The van der Waals surface area contributed by atoms with Crippen molar-refractivity contribution in [3.05, 3.63) is 23.8 Å². The molecule has 0 fully saturated rings. The smallest absolute Gasteiger partial charge is 0.252 e. The van der Waals surface area contributed by atoms with E-state index in [4.69, 9.17) is 15.2 Å². The van der Waals surface area contributed by atoms with Crippen LogP contribution in [0.15, 0.2) is 18.2 Å². The van der Waals surface area contributed by atoms with Crippen molar-refractivity contribution in [2.24, 2.45) is 5.73 Å². The van der Waals surface area contributed by atoms with Crippen LogP contribution in [-0.4, -0.2) is 19.6 Å². The van der Waals surface area contributed by atoms with E-state index in [-0.39, 0.29) is 0 Å². The maximum Gasteiger partial charge on any atom is 0.252 e. The third-order valence-corrected chi connectivity index (χ3v) is 1.91. The van der Waals surface area contributed by atoms with Gasteiger partial charge in [0.15, 0.2) is 0 Å². The van der Waals surface area contributed by atoms with E-state index in [1.54, 1.807) is 18.2 Å². The summed E-state index contributed by atoms with van der Waals surface area (Å²) < 4.78 is 10.4. The van der Waals surface area contributed by atoms with Crippen LogP contribution >= 0.6 is 0 Å². The summed E-state index contributed by atoms with van der Waals surface area (Å²) in [4.78, 5) is 11.1. The maximum atomic E-state index is 11.1. The summed E-state index contributed by atoms with van der Waals surface area (Å²) in [5.74, 6) is 0.576. The summed E-state index contributed by atoms with van der Waals surface area (Å²) >= 11 is 0. The zero-order chi connectivity index (χ0) is 11.3. The van der Waals surface area contributed by atoms with Crippen LogP contribution in [0.5, 0.6) is 11.5 Å². The fraction of sp³-hybridized carbons (Fsp3) is 0.364. The zero-order valence-electron chi connectivity index (χ0n) is 8.95. The Bertz CT molecular complexity index is 350. The molecule has 0 unspecified atom stereocenters. The number of ether oxygens (including phenoxy) is 2. The third-order valence-electron chi connectivity index (χ3n) is 1.91. The van der Waals surface area contributed by atoms with Crippen LogP contribution in [0.3, 0.4) is 0 Å². The van der Waals surface area contributed by atoms with E-state index in [1.807, 2.05) is 6.92 Å². The molecule has 0 radical (unpaired) electrons. The summed E-state index contributed by atoms with van der Waals surface area (Å²) in [6.07, 6.45) is 0.915. The molecule has 15 heavy (non-hydrogen) atoms. The molecule has 0 aliphatic carbocycles. The van der Waals surface area contributed by atoms with E-state index in [0.29, 0.717) is 23.7 Å². The second-order valence-electron chi connectivity index (χ2n) is 3.07. The van der Waals surface area contributed by atoms with Gasteiger partial charge in [-0.15, -0.1) is 0 Å². The SMILES string of the molecule is CCCOc1ccc(OC)c(C(N)=O)c1. The molecule has 0 saturated carbocycles. The minimum atomic E-state index is -0.520. The number of carbonyl (C=O) groups is 1. The Kier molecular flexibility index (Phi) is 3.97. The highest BCUT2D eigenvalue weighted by atomic mass is 16.5. The molecular formula is C11H15NO3. The molecule has 4 heteroatoms. The van der Waals surface area contributed by atoms with E-state index >= 15 is 0 Å². The molecule has 1 aromatic carbocycles. The van der Waals surface area contributed by atoms with Crippen molar-refractivity contribution in [2.75, 3.05) is 13.7 Å². The molecule has 0 aliphatic rings. The summed E-state index contributed by atoms with van der Waals surface area (Å²) in [5, 5.41) is 0. The van der Waals surface area contributed by atoms with Crippen molar-refractivity contribution in [1.29, 1.82) is 0 Å². The molecule has 0 saturated heterocycles. The predicted octanol–water partition coefficient (Wildman–Crippen LogP) is 1.58. The first-order valence-electron chi connectivity index (χ1n) is 4.79. The van der Waals surface area contributed by atoms with Gasteiger partial charge in [-0.2, -0.15) is 0 Å². The highest BCUT2D eigenvalue weighted by Gasteiger charge is 2.09. The summed E-state index contributed by atoms with van der Waals surface area (Å²) in [6, 6.07) is 5.02. The maximum absolute atomic E-state index is 11.1. The van der Waals surface area contributed by atoms with Crippen molar-refractivity contribution in [3.8, 4) is 11.5 Å². The van der Waals surface area contributed by atoms with Crippen molar-refractivity contribution < 1.29 is 14.3 Å². The molecule has 1 amide bonds. The predicted molar refractivity (Wildman–Crippen MR) is 57.3 cm³/mol. The lowest BCUT2D eigenvalue weighted by Gasteiger charge is -2.09. The Morgan fingerprint density at radius 3 is 2.73 bits per heavy atom. The molecule has 0 bridgehead atoms. The largest absolute Gasteiger partial charge is 0.496 e. The molecule has 4 nitrogen and oxygen atoms in total. The van der Waals surface area contributed by atoms with Crippen molar-refractivity contribution in [2.45, 2.75) is 13.3 Å². The van der Waals surface area contributed by atoms with Gasteiger partial charge in [-0.1, -0.05) is 6.92 Å². The Labute approximate surface area is 89.0 Å². The topological polar surface area (TPSA) is 61.6 Å². The molecule has 0 spiro atoms. The zero-order valence-corrected chi connectivity index (χ0v) is 8.95. The molecule has 1 aromatic rings. The molecule has 0 atom stereocenters. The van der Waals surface area contributed by atoms with Crippen LogP contribution in [0.1, 0.15) is 23.7 Å². The second kappa shape index (κ2) is 5.24. The van der Waals surface area contributed by atoms with Gasteiger partial charge in [0.2, 0.25) is 0 Å². The van der Waals surface area contributed by atoms with Gasteiger partial charge in [0, 0.05) is 0 Å². The van der Waals surface area contributed by atoms with E-state index in [9.17, 15) is 4.79 Å². The standard InChI is InChI=1S/C11H15NO3/c1-3-6-15-8-4-5-10(14-2)9(7-8)11(12)13/h4-5,7H,3,6H2,1-2H3,(H2,12,13). The first-order chi connectivity index (χ1) is 7.19. The van der Waals surface area contributed by atoms with Gasteiger partial charge < -0.3 is 15.2 Å². The first-order valence-corrected chi connectivity index (χ1v) is 4.79. The monoisotopic (exact) mass is 209 g/mol. The fourth-order valence-electron chi connectivity index (χ4n) is 1.19. The number of benzene rings is 1. The van der Waals surface area contributed by atoms with Crippen LogP contribution in [0, 0.1) is 0 Å². The quantitative estimate of drug-likeness (QED) is 0.800. The van der Waals surface area contributed by atoms with Crippen molar-refractivity contribution in [3.63, 3.8) is 0 Å². The first kappa shape index (κ1) is 11.4. The van der Waals surface area contributed by atoms with Crippen LogP contribution in [0.25, 0.3) is 0 Å². The highest BCUT2D eigenvalue weighted by molar-refractivity contribution is 5.96. The lowest BCUT2D eigenvalue weighted by Crippen LogP contribution is -2.12. The highest BCUT2D eigenvalue weighted by Crippen LogP contribution is 2.23. The summed E-state index contributed by atoms with van der Waals surface area (Å²) in [6.45, 7) is 2.63. The van der Waals surface area contributed by atoms with Crippen LogP contribution in [0.4, 0.5) is 0 Å². The molecule has 0 heterocycles. The number of amides is 1. The van der Waals surface area contributed by atoms with Gasteiger partial charge >= 0.3 is 0 Å². The fourth-order valence-corrected chi connectivity index (χ4v) is 1.19. The van der Waals surface area contributed by atoms with Gasteiger partial charge in [-0.25, -0.2) is 0 Å². The average molecular weight is 209 g/mol. The Morgan fingerprint density at radius 1 is 1.47 bits per heavy atom. The number of methoxy groups -OCH3 is 1. The number of nitrogens with two attached hydrogens (primary N) is 1. The molecule has 1 rings (SSSR count). The minimum absolute atomic E-state index is 0.339. The minimum Gasteiger partial charge on any atom is -0.496 e. The van der Waals surface area contributed by atoms with Crippen LogP contribution in [-0.2, 0) is 0 Å². The molecule has 0 aliphatic heterocycles. The van der Waals surface area contributed by atoms with Crippen LogP contribution < -0.4 is 15.2 Å². The normalized spacial score (nSPS) is 9.73. The lowest BCUT2D eigenvalue weighted by atomic mass is 10.2. The van der Waals surface area contributed by atoms with Crippen molar-refractivity contribution >= 4 is 5.91 Å². The molecule has 0 aromatic heterocycles. The van der Waals surface area contributed by atoms with Gasteiger partial charge in [0.05, 0.1) is 19.3 Å². The van der Waals surface area contributed by atoms with E-state index in [2.05, 4.69) is 0 Å². The molecule has 82 valence electrons. The van der Waals surface area contributed by atoms with Crippen molar-refractivity contribution in [1.82, 2.24) is 0 Å².